The molecule has 0 aliphatic carbocycles. The fourth-order valence-electron chi connectivity index (χ4n) is 3.81. The molecule has 2 atom stereocenters. The van der Waals surface area contributed by atoms with Crippen molar-refractivity contribution in [3.8, 4) is 11.3 Å². The summed E-state index contributed by atoms with van der Waals surface area (Å²) >= 11 is 0. The molecule has 0 amide bonds. The van der Waals surface area contributed by atoms with E-state index in [0.29, 0.717) is 23.7 Å². The Labute approximate surface area is 157 Å². The van der Waals surface area contributed by atoms with E-state index in [0.717, 1.165) is 29.4 Å². The minimum absolute atomic E-state index is 0.117. The van der Waals surface area contributed by atoms with Crippen LogP contribution in [0.15, 0.2) is 48.7 Å². The number of aromatic nitrogens is 2. The second-order valence-electron chi connectivity index (χ2n) is 7.14. The molecule has 6 heteroatoms. The van der Waals surface area contributed by atoms with Gasteiger partial charge >= 0.3 is 5.97 Å². The van der Waals surface area contributed by atoms with E-state index < -0.39 is 5.97 Å². The van der Waals surface area contributed by atoms with Crippen molar-refractivity contribution in [2.45, 2.75) is 25.9 Å². The standard InChI is InChI=1S/C21H22N4O2/c1-13-11-25(12-14(2)23-13)21-22-10-18(20(26)27)19(24-21)17-9-5-7-15-6-3-4-8-16(15)17/h3-10,13-14,23H,11-12H2,1-2H3,(H,26,27). The van der Waals surface area contributed by atoms with E-state index >= 15 is 0 Å². The van der Waals surface area contributed by atoms with Crippen LogP contribution in [0.5, 0.6) is 0 Å². The number of carboxylic acid groups (broad SMARTS) is 1. The summed E-state index contributed by atoms with van der Waals surface area (Å²) in [5.41, 5.74) is 1.39. The highest BCUT2D eigenvalue weighted by Crippen LogP contribution is 2.31. The van der Waals surface area contributed by atoms with Crippen LogP contribution in [-0.2, 0) is 0 Å². The third-order valence-electron chi connectivity index (χ3n) is 4.89. The Hall–Kier alpha value is -2.99. The average Bonchev–Trinajstić information content (AvgIpc) is 2.66. The van der Waals surface area contributed by atoms with Crippen LogP contribution in [0, 0.1) is 0 Å². The molecule has 2 N–H and O–H groups in total. The Balaban J connectivity index is 1.86. The molecule has 1 aromatic heterocycles. The summed E-state index contributed by atoms with van der Waals surface area (Å²) in [5.74, 6) is -0.449. The molecule has 2 unspecified atom stereocenters. The van der Waals surface area contributed by atoms with Gasteiger partial charge in [0, 0.05) is 36.9 Å². The first-order valence-electron chi connectivity index (χ1n) is 9.12. The van der Waals surface area contributed by atoms with E-state index in [1.165, 1.54) is 6.20 Å². The van der Waals surface area contributed by atoms with Crippen LogP contribution in [0.4, 0.5) is 5.95 Å². The highest BCUT2D eigenvalue weighted by Gasteiger charge is 2.25. The topological polar surface area (TPSA) is 78.4 Å². The van der Waals surface area contributed by atoms with E-state index in [1.54, 1.807) is 0 Å². The molecular formula is C21H22N4O2. The Morgan fingerprint density at radius 2 is 1.81 bits per heavy atom. The first-order chi connectivity index (χ1) is 13.0. The quantitative estimate of drug-likeness (QED) is 0.745. The molecule has 1 fully saturated rings. The molecule has 0 radical (unpaired) electrons. The molecular weight excluding hydrogens is 340 g/mol. The normalized spacial score (nSPS) is 20.0. The van der Waals surface area contributed by atoms with Gasteiger partial charge in [-0.2, -0.15) is 0 Å². The molecule has 27 heavy (non-hydrogen) atoms. The van der Waals surface area contributed by atoms with Crippen LogP contribution in [-0.4, -0.2) is 46.2 Å². The zero-order valence-corrected chi connectivity index (χ0v) is 15.4. The van der Waals surface area contributed by atoms with Crippen molar-refractivity contribution in [1.82, 2.24) is 15.3 Å². The first-order valence-corrected chi connectivity index (χ1v) is 9.12. The van der Waals surface area contributed by atoms with E-state index in [-0.39, 0.29) is 5.56 Å². The molecule has 2 aromatic carbocycles. The molecule has 4 rings (SSSR count). The van der Waals surface area contributed by atoms with Gasteiger partial charge in [0.25, 0.3) is 0 Å². The Morgan fingerprint density at radius 1 is 1.11 bits per heavy atom. The van der Waals surface area contributed by atoms with Crippen molar-refractivity contribution in [3.05, 3.63) is 54.2 Å². The van der Waals surface area contributed by atoms with E-state index in [1.807, 2.05) is 42.5 Å². The summed E-state index contributed by atoms with van der Waals surface area (Å²) in [6.07, 6.45) is 1.43. The van der Waals surface area contributed by atoms with E-state index in [9.17, 15) is 9.90 Å². The lowest BCUT2D eigenvalue weighted by Gasteiger charge is -2.36. The third kappa shape index (κ3) is 3.36. The van der Waals surface area contributed by atoms with Crippen LogP contribution in [0.1, 0.15) is 24.2 Å². The van der Waals surface area contributed by atoms with Gasteiger partial charge in [-0.25, -0.2) is 14.8 Å². The maximum absolute atomic E-state index is 11.8. The van der Waals surface area contributed by atoms with Crippen LogP contribution in [0.3, 0.4) is 0 Å². The lowest BCUT2D eigenvalue weighted by Crippen LogP contribution is -2.54. The smallest absolute Gasteiger partial charge is 0.339 e. The highest BCUT2D eigenvalue weighted by atomic mass is 16.4. The molecule has 2 heterocycles. The number of anilines is 1. The molecule has 0 saturated carbocycles. The number of fused-ring (bicyclic) bond motifs is 1. The number of hydrogen-bond acceptors (Lipinski definition) is 5. The lowest BCUT2D eigenvalue weighted by atomic mass is 9.99. The Kier molecular flexibility index (Phi) is 4.49. The predicted molar refractivity (Wildman–Crippen MR) is 106 cm³/mol. The zero-order chi connectivity index (χ0) is 19.0. The minimum Gasteiger partial charge on any atom is -0.478 e. The third-order valence-corrected chi connectivity index (χ3v) is 4.89. The van der Waals surface area contributed by atoms with Crippen LogP contribution in [0.2, 0.25) is 0 Å². The van der Waals surface area contributed by atoms with Crippen LogP contribution >= 0.6 is 0 Å². The monoisotopic (exact) mass is 362 g/mol. The highest BCUT2D eigenvalue weighted by molar-refractivity contribution is 6.02. The number of carboxylic acids is 1. The lowest BCUT2D eigenvalue weighted by molar-refractivity contribution is 0.0697. The van der Waals surface area contributed by atoms with Gasteiger partial charge < -0.3 is 15.3 Å². The van der Waals surface area contributed by atoms with Gasteiger partial charge in [0.1, 0.15) is 5.56 Å². The molecule has 0 spiro atoms. The maximum Gasteiger partial charge on any atom is 0.339 e. The van der Waals surface area contributed by atoms with Gasteiger partial charge in [-0.05, 0) is 24.6 Å². The number of nitrogens with zero attached hydrogens (tertiary/aromatic N) is 3. The Morgan fingerprint density at radius 3 is 2.56 bits per heavy atom. The molecule has 1 saturated heterocycles. The van der Waals surface area contributed by atoms with Gasteiger partial charge in [-0.1, -0.05) is 42.5 Å². The summed E-state index contributed by atoms with van der Waals surface area (Å²) in [4.78, 5) is 23.0. The minimum atomic E-state index is -1.02. The number of hydrogen-bond donors (Lipinski definition) is 2. The van der Waals surface area contributed by atoms with Crippen molar-refractivity contribution < 1.29 is 9.90 Å². The van der Waals surface area contributed by atoms with Crippen molar-refractivity contribution >= 4 is 22.7 Å². The zero-order valence-electron chi connectivity index (χ0n) is 15.4. The molecule has 1 aliphatic heterocycles. The maximum atomic E-state index is 11.8. The fourth-order valence-corrected chi connectivity index (χ4v) is 3.81. The molecule has 6 nitrogen and oxygen atoms in total. The second-order valence-corrected chi connectivity index (χ2v) is 7.14. The summed E-state index contributed by atoms with van der Waals surface area (Å²) in [5, 5.41) is 15.2. The molecule has 138 valence electrons. The van der Waals surface area contributed by atoms with Crippen molar-refractivity contribution in [3.63, 3.8) is 0 Å². The summed E-state index contributed by atoms with van der Waals surface area (Å²) in [6, 6.07) is 14.4. The molecule has 1 aliphatic rings. The summed E-state index contributed by atoms with van der Waals surface area (Å²) in [6.45, 7) is 5.82. The van der Waals surface area contributed by atoms with Crippen molar-refractivity contribution in [2.75, 3.05) is 18.0 Å². The van der Waals surface area contributed by atoms with Gasteiger partial charge in [-0.15, -0.1) is 0 Å². The van der Waals surface area contributed by atoms with Crippen LogP contribution < -0.4 is 10.2 Å². The van der Waals surface area contributed by atoms with Gasteiger partial charge in [0.05, 0.1) is 5.69 Å². The predicted octanol–water partition coefficient (Wildman–Crippen LogP) is 3.18. The fraction of sp³-hybridized carbons (Fsp3) is 0.286. The van der Waals surface area contributed by atoms with Crippen molar-refractivity contribution in [2.24, 2.45) is 0 Å². The first kappa shape index (κ1) is 17.4. The van der Waals surface area contributed by atoms with Gasteiger partial charge in [0.15, 0.2) is 0 Å². The summed E-state index contributed by atoms with van der Waals surface area (Å²) in [7, 11) is 0. The number of benzene rings is 2. The largest absolute Gasteiger partial charge is 0.478 e. The van der Waals surface area contributed by atoms with E-state index in [2.05, 4.69) is 29.0 Å². The number of piperazine rings is 1. The van der Waals surface area contributed by atoms with Crippen molar-refractivity contribution in [1.29, 1.82) is 0 Å². The van der Waals surface area contributed by atoms with E-state index in [4.69, 9.17) is 4.98 Å². The molecule has 3 aromatic rings. The number of aromatic carboxylic acids is 1. The summed E-state index contributed by atoms with van der Waals surface area (Å²) < 4.78 is 0. The van der Waals surface area contributed by atoms with Crippen LogP contribution in [0.25, 0.3) is 22.0 Å². The SMILES string of the molecule is CC1CN(c2ncc(C(=O)O)c(-c3cccc4ccccc34)n2)CC(C)N1. The number of rotatable bonds is 3. The van der Waals surface area contributed by atoms with Gasteiger partial charge in [-0.3, -0.25) is 0 Å². The molecule has 0 bridgehead atoms. The average molecular weight is 362 g/mol. The Bertz CT molecular complexity index is 989. The van der Waals surface area contributed by atoms with Gasteiger partial charge in [0.2, 0.25) is 5.95 Å². The number of carbonyl (C=O) groups is 1. The number of nitrogens with one attached hydrogen (secondary N) is 1. The second kappa shape index (κ2) is 6.96.